The van der Waals surface area contributed by atoms with E-state index in [1.165, 1.54) is 5.56 Å². The number of aryl methyl sites for hydroxylation is 1. The van der Waals surface area contributed by atoms with Gasteiger partial charge in [0.15, 0.2) is 0 Å². The van der Waals surface area contributed by atoms with Gasteiger partial charge in [0, 0.05) is 6.54 Å². The van der Waals surface area contributed by atoms with Crippen LogP contribution in [0.4, 0.5) is 0 Å². The minimum absolute atomic E-state index is 0.0823. The highest BCUT2D eigenvalue weighted by Crippen LogP contribution is 2.14. The lowest BCUT2D eigenvalue weighted by molar-refractivity contribution is -0.142. The van der Waals surface area contributed by atoms with Crippen molar-refractivity contribution in [1.29, 1.82) is 0 Å². The molecule has 5 nitrogen and oxygen atoms in total. The molecule has 0 aliphatic carbocycles. The van der Waals surface area contributed by atoms with Gasteiger partial charge in [0.1, 0.15) is 0 Å². The molecule has 5 heteroatoms. The van der Waals surface area contributed by atoms with Crippen LogP contribution >= 0.6 is 0 Å². The van der Waals surface area contributed by atoms with Gasteiger partial charge in [-0.1, -0.05) is 38.1 Å². The highest BCUT2D eigenvalue weighted by atomic mass is 16.4. The van der Waals surface area contributed by atoms with Gasteiger partial charge in [-0.2, -0.15) is 0 Å². The summed E-state index contributed by atoms with van der Waals surface area (Å²) in [6.07, 6.45) is 0.991. The molecule has 0 saturated heterocycles. The Morgan fingerprint density at radius 3 is 2.22 bits per heavy atom. The lowest BCUT2D eigenvalue weighted by atomic mass is 10.0. The fourth-order valence-corrected chi connectivity index (χ4v) is 2.33. The van der Waals surface area contributed by atoms with Crippen LogP contribution in [0.25, 0.3) is 0 Å². The van der Waals surface area contributed by atoms with Crippen LogP contribution in [-0.4, -0.2) is 41.5 Å². The Labute approximate surface area is 138 Å². The van der Waals surface area contributed by atoms with Crippen molar-refractivity contribution in [2.75, 3.05) is 13.6 Å². The average molecular weight is 320 g/mol. The van der Waals surface area contributed by atoms with Gasteiger partial charge in [0.05, 0.1) is 18.0 Å². The SMILES string of the molecule is CCc1ccc(C(C)NC(=O)C(C)N(C)CC(C)C(=O)O)cc1. The summed E-state index contributed by atoms with van der Waals surface area (Å²) >= 11 is 0. The summed E-state index contributed by atoms with van der Waals surface area (Å²) in [4.78, 5) is 25.0. The molecule has 0 aromatic heterocycles. The molecule has 1 aromatic carbocycles. The van der Waals surface area contributed by atoms with Gasteiger partial charge in [0.2, 0.25) is 5.91 Å². The molecule has 3 unspecified atom stereocenters. The normalized spacial score (nSPS) is 15.0. The molecule has 23 heavy (non-hydrogen) atoms. The van der Waals surface area contributed by atoms with Crippen molar-refractivity contribution in [2.24, 2.45) is 5.92 Å². The second kappa shape index (κ2) is 8.67. The number of carboxylic acids is 1. The number of nitrogens with one attached hydrogen (secondary N) is 1. The number of carbonyl (C=O) groups is 2. The van der Waals surface area contributed by atoms with E-state index in [-0.39, 0.29) is 18.0 Å². The maximum atomic E-state index is 12.3. The standard InChI is InChI=1S/C18H28N2O3/c1-6-15-7-9-16(10-8-15)13(3)19-17(21)14(4)20(5)11-12(2)18(22)23/h7-10,12-14H,6,11H2,1-5H3,(H,19,21)(H,22,23). The summed E-state index contributed by atoms with van der Waals surface area (Å²) < 4.78 is 0. The quantitative estimate of drug-likeness (QED) is 0.772. The van der Waals surface area contributed by atoms with E-state index in [2.05, 4.69) is 24.4 Å². The van der Waals surface area contributed by atoms with E-state index in [0.717, 1.165) is 12.0 Å². The zero-order chi connectivity index (χ0) is 17.6. The van der Waals surface area contributed by atoms with Crippen LogP contribution in [0.1, 0.15) is 44.9 Å². The van der Waals surface area contributed by atoms with Gasteiger partial charge < -0.3 is 10.4 Å². The molecule has 0 heterocycles. The summed E-state index contributed by atoms with van der Waals surface area (Å²) in [5, 5.41) is 11.9. The second-order valence-electron chi connectivity index (χ2n) is 6.18. The van der Waals surface area contributed by atoms with Gasteiger partial charge in [-0.15, -0.1) is 0 Å². The fourth-order valence-electron chi connectivity index (χ4n) is 2.33. The Bertz CT molecular complexity index is 528. The number of aliphatic carboxylic acids is 1. The second-order valence-corrected chi connectivity index (χ2v) is 6.18. The molecule has 1 aromatic rings. The fraction of sp³-hybridized carbons (Fsp3) is 0.556. The first-order valence-electron chi connectivity index (χ1n) is 8.08. The zero-order valence-electron chi connectivity index (χ0n) is 14.7. The van der Waals surface area contributed by atoms with E-state index >= 15 is 0 Å². The van der Waals surface area contributed by atoms with Gasteiger partial charge in [-0.3, -0.25) is 14.5 Å². The molecule has 0 spiro atoms. The first-order chi connectivity index (χ1) is 10.8. The molecular weight excluding hydrogens is 292 g/mol. The Morgan fingerprint density at radius 1 is 1.17 bits per heavy atom. The molecule has 0 aliphatic rings. The van der Waals surface area contributed by atoms with E-state index in [9.17, 15) is 9.59 Å². The van der Waals surface area contributed by atoms with Crippen LogP contribution in [0.5, 0.6) is 0 Å². The van der Waals surface area contributed by atoms with Crippen molar-refractivity contribution in [3.8, 4) is 0 Å². The van der Waals surface area contributed by atoms with Crippen molar-refractivity contribution in [1.82, 2.24) is 10.2 Å². The van der Waals surface area contributed by atoms with Crippen LogP contribution in [0.2, 0.25) is 0 Å². The molecule has 3 atom stereocenters. The van der Waals surface area contributed by atoms with Crippen LogP contribution in [0.3, 0.4) is 0 Å². The minimum atomic E-state index is -0.853. The molecular formula is C18H28N2O3. The number of carbonyl (C=O) groups excluding carboxylic acids is 1. The molecule has 0 aliphatic heterocycles. The summed E-state index contributed by atoms with van der Waals surface area (Å²) in [7, 11) is 1.77. The lowest BCUT2D eigenvalue weighted by Crippen LogP contribution is -2.46. The van der Waals surface area contributed by atoms with E-state index in [1.54, 1.807) is 25.8 Å². The van der Waals surface area contributed by atoms with Gasteiger partial charge >= 0.3 is 5.97 Å². The van der Waals surface area contributed by atoms with Crippen molar-refractivity contribution >= 4 is 11.9 Å². The number of hydrogen-bond donors (Lipinski definition) is 2. The van der Waals surface area contributed by atoms with Gasteiger partial charge in [0.25, 0.3) is 0 Å². The Kier molecular flexibility index (Phi) is 7.23. The molecule has 128 valence electrons. The van der Waals surface area contributed by atoms with E-state index < -0.39 is 11.9 Å². The predicted molar refractivity (Wildman–Crippen MR) is 91.3 cm³/mol. The number of nitrogens with zero attached hydrogens (tertiary/aromatic N) is 1. The molecule has 2 N–H and O–H groups in total. The molecule has 0 bridgehead atoms. The van der Waals surface area contributed by atoms with E-state index in [0.29, 0.717) is 6.54 Å². The predicted octanol–water partition coefficient (Wildman–Crippen LogP) is 2.47. The van der Waals surface area contributed by atoms with Crippen LogP contribution in [0, 0.1) is 5.92 Å². The number of rotatable bonds is 8. The average Bonchev–Trinajstić information content (AvgIpc) is 2.53. The highest BCUT2D eigenvalue weighted by molar-refractivity contribution is 5.81. The molecule has 0 saturated carbocycles. The summed E-state index contributed by atoms with van der Waals surface area (Å²) in [6.45, 7) is 7.82. The van der Waals surface area contributed by atoms with E-state index in [1.807, 2.05) is 19.1 Å². The Morgan fingerprint density at radius 2 is 1.74 bits per heavy atom. The van der Waals surface area contributed by atoms with E-state index in [4.69, 9.17) is 5.11 Å². The molecule has 0 radical (unpaired) electrons. The maximum Gasteiger partial charge on any atom is 0.307 e. The van der Waals surface area contributed by atoms with Crippen molar-refractivity contribution < 1.29 is 14.7 Å². The first kappa shape index (κ1) is 19.2. The van der Waals surface area contributed by atoms with Gasteiger partial charge in [-0.05, 0) is 38.4 Å². The van der Waals surface area contributed by atoms with Gasteiger partial charge in [-0.25, -0.2) is 0 Å². The molecule has 0 fully saturated rings. The van der Waals surface area contributed by atoms with Crippen LogP contribution in [-0.2, 0) is 16.0 Å². The summed E-state index contributed by atoms with van der Waals surface area (Å²) in [5.74, 6) is -1.46. The first-order valence-corrected chi connectivity index (χ1v) is 8.08. The number of hydrogen-bond acceptors (Lipinski definition) is 3. The minimum Gasteiger partial charge on any atom is -0.481 e. The topological polar surface area (TPSA) is 69.6 Å². The van der Waals surface area contributed by atoms with Crippen molar-refractivity contribution in [3.05, 3.63) is 35.4 Å². The Hall–Kier alpha value is -1.88. The zero-order valence-corrected chi connectivity index (χ0v) is 14.7. The lowest BCUT2D eigenvalue weighted by Gasteiger charge is -2.27. The monoisotopic (exact) mass is 320 g/mol. The summed E-state index contributed by atoms with van der Waals surface area (Å²) in [6, 6.07) is 7.75. The largest absolute Gasteiger partial charge is 0.481 e. The number of likely N-dealkylation sites (N-methyl/N-ethyl adjacent to an activating group) is 1. The van der Waals surface area contributed by atoms with Crippen LogP contribution < -0.4 is 5.32 Å². The summed E-state index contributed by atoms with van der Waals surface area (Å²) in [5.41, 5.74) is 2.33. The van der Waals surface area contributed by atoms with Crippen molar-refractivity contribution in [2.45, 2.75) is 46.2 Å². The number of amides is 1. The third-order valence-corrected chi connectivity index (χ3v) is 4.27. The third-order valence-electron chi connectivity index (χ3n) is 4.27. The Balaban J connectivity index is 2.60. The molecule has 1 amide bonds. The number of carboxylic acid groups (broad SMARTS) is 1. The molecule has 1 rings (SSSR count). The van der Waals surface area contributed by atoms with Crippen LogP contribution in [0.15, 0.2) is 24.3 Å². The maximum absolute atomic E-state index is 12.3. The smallest absolute Gasteiger partial charge is 0.307 e. The highest BCUT2D eigenvalue weighted by Gasteiger charge is 2.23. The number of benzene rings is 1. The van der Waals surface area contributed by atoms with Crippen molar-refractivity contribution in [3.63, 3.8) is 0 Å². The third kappa shape index (κ3) is 5.67.